The number of aromatic amines is 1. The van der Waals surface area contributed by atoms with Gasteiger partial charge < -0.3 is 14.5 Å². The van der Waals surface area contributed by atoms with Gasteiger partial charge in [-0.1, -0.05) is 24.3 Å². The zero-order valence-corrected chi connectivity index (χ0v) is 15.7. The number of nitrogens with zero attached hydrogens (tertiary/aromatic N) is 1. The Balaban J connectivity index is 1.83. The van der Waals surface area contributed by atoms with Crippen LogP contribution in [0, 0.1) is 13.8 Å². The molecule has 0 radical (unpaired) electrons. The molecule has 2 aromatic rings. The van der Waals surface area contributed by atoms with E-state index < -0.39 is 0 Å². The summed E-state index contributed by atoms with van der Waals surface area (Å²) >= 11 is 0. The smallest absolute Gasteiger partial charge is 0.184 e. The fourth-order valence-corrected chi connectivity index (χ4v) is 3.68. The first-order valence-electron chi connectivity index (χ1n) is 9.01. The summed E-state index contributed by atoms with van der Waals surface area (Å²) in [7, 11) is 0. The van der Waals surface area contributed by atoms with E-state index in [0.29, 0.717) is 13.2 Å². The first kappa shape index (κ1) is 17.0. The maximum absolute atomic E-state index is 5.61. The molecule has 0 atom stereocenters. The number of hydrogen-bond acceptors (Lipinski definition) is 3. The Labute approximate surface area is 154 Å². The second-order valence-electron chi connectivity index (χ2n) is 7.01. The minimum atomic E-state index is -0.247. The molecule has 26 heavy (non-hydrogen) atoms. The van der Waals surface area contributed by atoms with E-state index in [1.807, 2.05) is 6.92 Å². The molecular weight excluding hydrogens is 324 g/mol. The molecule has 0 amide bonds. The second-order valence-corrected chi connectivity index (χ2v) is 7.01. The third-order valence-corrected chi connectivity index (χ3v) is 4.82. The van der Waals surface area contributed by atoms with Crippen molar-refractivity contribution in [3.05, 3.63) is 75.8 Å². The Kier molecular flexibility index (Phi) is 4.39. The highest BCUT2D eigenvalue weighted by Crippen LogP contribution is 2.35. The number of aliphatic imine (C=N–C) groups is 1. The average Bonchev–Trinajstić information content (AvgIpc) is 3.31. The molecule has 4 nitrogen and oxygen atoms in total. The minimum absolute atomic E-state index is 0.247. The van der Waals surface area contributed by atoms with Crippen LogP contribution in [0.15, 0.2) is 52.7 Å². The van der Waals surface area contributed by atoms with Crippen molar-refractivity contribution in [2.75, 3.05) is 13.2 Å². The van der Waals surface area contributed by atoms with Crippen molar-refractivity contribution in [1.29, 1.82) is 0 Å². The zero-order chi connectivity index (χ0) is 18.3. The Morgan fingerprint density at radius 3 is 2.27 bits per heavy atom. The van der Waals surface area contributed by atoms with Gasteiger partial charge in [0.15, 0.2) is 6.29 Å². The quantitative estimate of drug-likeness (QED) is 0.861. The summed E-state index contributed by atoms with van der Waals surface area (Å²) in [5, 5.41) is 0. The summed E-state index contributed by atoms with van der Waals surface area (Å²) in [6, 6.07) is 10.6. The molecule has 134 valence electrons. The summed E-state index contributed by atoms with van der Waals surface area (Å²) in [6.45, 7) is 9.69. The molecule has 1 aromatic carbocycles. The minimum Gasteiger partial charge on any atom is -0.358 e. The van der Waals surface area contributed by atoms with E-state index in [2.05, 4.69) is 62.2 Å². The van der Waals surface area contributed by atoms with E-state index in [1.165, 1.54) is 11.1 Å². The van der Waals surface area contributed by atoms with Crippen LogP contribution in [0.3, 0.4) is 0 Å². The summed E-state index contributed by atoms with van der Waals surface area (Å²) in [4.78, 5) is 8.33. The van der Waals surface area contributed by atoms with E-state index in [-0.39, 0.29) is 6.29 Å². The number of hydrogen-bond donors (Lipinski definition) is 1. The van der Waals surface area contributed by atoms with Crippen molar-refractivity contribution in [2.24, 2.45) is 4.99 Å². The Morgan fingerprint density at radius 1 is 1.04 bits per heavy atom. The van der Waals surface area contributed by atoms with Gasteiger partial charge in [-0.3, -0.25) is 4.99 Å². The highest BCUT2D eigenvalue weighted by molar-refractivity contribution is 6.01. The van der Waals surface area contributed by atoms with Gasteiger partial charge in [0.2, 0.25) is 0 Å². The lowest BCUT2D eigenvalue weighted by Gasteiger charge is -2.14. The SMILES string of the molecule is CC1=CC(C)=N/C1=C(/c1ccc(C2OCCO2)cc1)c1[nH]c(C)cc1C. The Hall–Kier alpha value is -2.43. The Morgan fingerprint density at radius 2 is 1.73 bits per heavy atom. The van der Waals surface area contributed by atoms with E-state index in [0.717, 1.165) is 39.5 Å². The van der Waals surface area contributed by atoms with Crippen LogP contribution < -0.4 is 0 Å². The van der Waals surface area contributed by atoms with E-state index >= 15 is 0 Å². The van der Waals surface area contributed by atoms with Gasteiger partial charge in [-0.05, 0) is 56.5 Å². The predicted molar refractivity (Wildman–Crippen MR) is 104 cm³/mol. The third-order valence-electron chi connectivity index (χ3n) is 4.82. The monoisotopic (exact) mass is 348 g/mol. The molecule has 0 spiro atoms. The number of aryl methyl sites for hydroxylation is 2. The fraction of sp³-hybridized carbons (Fsp3) is 0.318. The van der Waals surface area contributed by atoms with Gasteiger partial charge in [0.05, 0.1) is 24.6 Å². The second kappa shape index (κ2) is 6.71. The summed E-state index contributed by atoms with van der Waals surface area (Å²) in [5.74, 6) is 0. The summed E-state index contributed by atoms with van der Waals surface area (Å²) in [5.41, 5.74) is 10.1. The maximum Gasteiger partial charge on any atom is 0.184 e. The normalized spacial score (nSPS) is 19.7. The molecule has 2 aliphatic heterocycles. The van der Waals surface area contributed by atoms with Crippen LogP contribution in [0.25, 0.3) is 5.57 Å². The van der Waals surface area contributed by atoms with Crippen LogP contribution in [0.4, 0.5) is 0 Å². The largest absolute Gasteiger partial charge is 0.358 e. The molecule has 1 N–H and O–H groups in total. The fourth-order valence-electron chi connectivity index (χ4n) is 3.68. The van der Waals surface area contributed by atoms with E-state index in [9.17, 15) is 0 Å². The van der Waals surface area contributed by atoms with Crippen LogP contribution in [0.2, 0.25) is 0 Å². The predicted octanol–water partition coefficient (Wildman–Crippen LogP) is 4.86. The van der Waals surface area contributed by atoms with E-state index in [4.69, 9.17) is 14.5 Å². The molecule has 1 fully saturated rings. The lowest BCUT2D eigenvalue weighted by molar-refractivity contribution is -0.0441. The van der Waals surface area contributed by atoms with Gasteiger partial charge in [-0.25, -0.2) is 0 Å². The van der Waals surface area contributed by atoms with Gasteiger partial charge in [-0.15, -0.1) is 0 Å². The molecule has 4 rings (SSSR count). The molecule has 0 bridgehead atoms. The highest BCUT2D eigenvalue weighted by atomic mass is 16.7. The van der Waals surface area contributed by atoms with Crippen LogP contribution in [0.5, 0.6) is 0 Å². The van der Waals surface area contributed by atoms with Crippen molar-refractivity contribution in [3.63, 3.8) is 0 Å². The maximum atomic E-state index is 5.61. The number of allylic oxidation sites excluding steroid dienone is 2. The number of nitrogens with one attached hydrogen (secondary N) is 1. The van der Waals surface area contributed by atoms with Gasteiger partial charge in [-0.2, -0.15) is 0 Å². The standard InChI is InChI=1S/C22H24N2O2/c1-13-11-15(3)23-20(13)19(21-14(2)12-16(4)24-21)17-5-7-18(8-6-17)22-25-9-10-26-22/h5-8,11-12,22-23H,9-10H2,1-4H3/b21-19-. The van der Waals surface area contributed by atoms with Crippen LogP contribution in [0.1, 0.15) is 48.2 Å². The molecule has 0 saturated carbocycles. The van der Waals surface area contributed by atoms with Crippen molar-refractivity contribution in [1.82, 2.24) is 4.98 Å². The van der Waals surface area contributed by atoms with Crippen molar-refractivity contribution < 1.29 is 9.47 Å². The number of rotatable bonds is 3. The topological polar surface area (TPSA) is 46.6 Å². The van der Waals surface area contributed by atoms with Crippen molar-refractivity contribution >= 4 is 11.3 Å². The molecule has 1 saturated heterocycles. The van der Waals surface area contributed by atoms with Gasteiger partial charge in [0.1, 0.15) is 0 Å². The lowest BCUT2D eigenvalue weighted by Crippen LogP contribution is -2.00. The first-order valence-corrected chi connectivity index (χ1v) is 9.01. The third kappa shape index (κ3) is 3.06. The van der Waals surface area contributed by atoms with E-state index in [1.54, 1.807) is 0 Å². The average molecular weight is 348 g/mol. The highest BCUT2D eigenvalue weighted by Gasteiger charge is 2.22. The molecular formula is C22H24N2O2. The van der Waals surface area contributed by atoms with Crippen molar-refractivity contribution in [2.45, 2.75) is 34.0 Å². The molecule has 0 aliphatic carbocycles. The number of H-pyrrole nitrogens is 1. The Bertz CT molecular complexity index is 924. The number of ether oxygens (including phenoxy) is 2. The molecule has 1 aromatic heterocycles. The molecule has 2 aliphatic rings. The molecule has 0 unspecified atom stereocenters. The van der Waals surface area contributed by atoms with Gasteiger partial charge in [0, 0.05) is 22.5 Å². The van der Waals surface area contributed by atoms with Gasteiger partial charge >= 0.3 is 0 Å². The number of benzene rings is 1. The van der Waals surface area contributed by atoms with Crippen molar-refractivity contribution in [3.8, 4) is 0 Å². The van der Waals surface area contributed by atoms with Crippen LogP contribution >= 0.6 is 0 Å². The summed E-state index contributed by atoms with van der Waals surface area (Å²) in [6.07, 6.45) is 1.89. The van der Waals surface area contributed by atoms with Crippen LogP contribution in [-0.4, -0.2) is 23.9 Å². The van der Waals surface area contributed by atoms with Gasteiger partial charge in [0.25, 0.3) is 0 Å². The van der Waals surface area contributed by atoms with Crippen LogP contribution in [-0.2, 0) is 9.47 Å². The zero-order valence-electron chi connectivity index (χ0n) is 15.7. The number of aromatic nitrogens is 1. The first-order chi connectivity index (χ1) is 12.5. The summed E-state index contributed by atoms with van der Waals surface area (Å²) < 4.78 is 11.2. The lowest BCUT2D eigenvalue weighted by atomic mass is 9.95. The molecule has 3 heterocycles. The molecule has 4 heteroatoms.